The zero-order valence-corrected chi connectivity index (χ0v) is 11.3. The summed E-state index contributed by atoms with van der Waals surface area (Å²) in [5.41, 5.74) is 6.29. The van der Waals surface area contributed by atoms with Crippen molar-refractivity contribution in [2.75, 3.05) is 25.1 Å². The van der Waals surface area contributed by atoms with Crippen molar-refractivity contribution in [3.8, 4) is 0 Å². The lowest BCUT2D eigenvalue weighted by molar-refractivity contribution is 0.113. The third-order valence-corrected chi connectivity index (χ3v) is 4.26. The second-order valence-corrected chi connectivity index (χ2v) is 6.12. The van der Waals surface area contributed by atoms with Gasteiger partial charge in [-0.25, -0.2) is 0 Å². The molecular weight excluding hydrogens is 204 g/mol. The van der Waals surface area contributed by atoms with Crippen LogP contribution >= 0.6 is 11.8 Å². The zero-order valence-electron chi connectivity index (χ0n) is 10.5. The average Bonchev–Trinajstić information content (AvgIpc) is 2.53. The van der Waals surface area contributed by atoms with E-state index in [0.717, 1.165) is 6.54 Å². The van der Waals surface area contributed by atoms with Crippen molar-refractivity contribution in [3.63, 3.8) is 0 Å². The van der Waals surface area contributed by atoms with Crippen LogP contribution in [0.15, 0.2) is 0 Å². The van der Waals surface area contributed by atoms with Gasteiger partial charge in [-0.3, -0.25) is 4.90 Å². The fourth-order valence-corrected chi connectivity index (χ4v) is 3.12. The van der Waals surface area contributed by atoms with Crippen LogP contribution in [0.5, 0.6) is 0 Å². The van der Waals surface area contributed by atoms with Crippen LogP contribution in [0.1, 0.15) is 39.5 Å². The maximum Gasteiger partial charge on any atom is 0.0224 e. The van der Waals surface area contributed by atoms with Crippen LogP contribution < -0.4 is 5.73 Å². The van der Waals surface area contributed by atoms with Crippen molar-refractivity contribution in [1.29, 1.82) is 0 Å². The third-order valence-electron chi connectivity index (χ3n) is 3.56. The van der Waals surface area contributed by atoms with E-state index in [4.69, 9.17) is 5.73 Å². The van der Waals surface area contributed by atoms with Gasteiger partial charge in [-0.2, -0.15) is 11.8 Å². The van der Waals surface area contributed by atoms with Crippen LogP contribution in [-0.2, 0) is 0 Å². The first kappa shape index (κ1) is 13.3. The average molecular weight is 230 g/mol. The van der Waals surface area contributed by atoms with Gasteiger partial charge in [-0.05, 0) is 58.1 Å². The summed E-state index contributed by atoms with van der Waals surface area (Å²) in [7, 11) is 0. The smallest absolute Gasteiger partial charge is 0.0224 e. The van der Waals surface area contributed by atoms with E-state index >= 15 is 0 Å². The van der Waals surface area contributed by atoms with E-state index < -0.39 is 0 Å². The van der Waals surface area contributed by atoms with Crippen LogP contribution in [0.2, 0.25) is 0 Å². The summed E-state index contributed by atoms with van der Waals surface area (Å²) in [6.45, 7) is 6.78. The third kappa shape index (κ3) is 3.65. The number of rotatable bonds is 6. The second kappa shape index (κ2) is 6.12. The lowest BCUT2D eigenvalue weighted by Gasteiger charge is -2.38. The fourth-order valence-electron chi connectivity index (χ4n) is 2.67. The first-order valence-corrected chi connectivity index (χ1v) is 7.47. The lowest BCUT2D eigenvalue weighted by atomic mass is 9.99. The van der Waals surface area contributed by atoms with E-state index in [1.807, 2.05) is 11.8 Å². The fraction of sp³-hybridized carbons (Fsp3) is 1.00. The first-order valence-electron chi connectivity index (χ1n) is 6.07. The number of nitrogens with two attached hydrogens (primary N) is 1. The summed E-state index contributed by atoms with van der Waals surface area (Å²) in [6.07, 6.45) is 7.41. The second-order valence-electron chi connectivity index (χ2n) is 5.13. The molecule has 0 aliphatic carbocycles. The van der Waals surface area contributed by atoms with Crippen LogP contribution in [-0.4, -0.2) is 41.6 Å². The molecule has 0 saturated carbocycles. The molecule has 0 aromatic heterocycles. The molecule has 0 bridgehead atoms. The molecule has 3 heteroatoms. The minimum atomic E-state index is 0.378. The Kier molecular flexibility index (Phi) is 5.44. The number of likely N-dealkylation sites (tertiary alicyclic amines) is 1. The van der Waals surface area contributed by atoms with Gasteiger partial charge in [0.05, 0.1) is 0 Å². The highest BCUT2D eigenvalue weighted by Crippen LogP contribution is 2.31. The normalized spacial score (nSPS) is 23.2. The molecule has 1 saturated heterocycles. The topological polar surface area (TPSA) is 29.3 Å². The van der Waals surface area contributed by atoms with E-state index in [1.54, 1.807) is 0 Å². The van der Waals surface area contributed by atoms with Crippen LogP contribution in [0.25, 0.3) is 0 Å². The zero-order chi connectivity index (χ0) is 11.3. The molecule has 0 amide bonds. The van der Waals surface area contributed by atoms with Gasteiger partial charge in [-0.1, -0.05) is 0 Å². The molecule has 0 radical (unpaired) electrons. The van der Waals surface area contributed by atoms with Gasteiger partial charge >= 0.3 is 0 Å². The molecule has 1 heterocycles. The van der Waals surface area contributed by atoms with Crippen molar-refractivity contribution in [2.24, 2.45) is 5.73 Å². The molecule has 0 spiro atoms. The van der Waals surface area contributed by atoms with Crippen molar-refractivity contribution >= 4 is 11.8 Å². The van der Waals surface area contributed by atoms with Gasteiger partial charge in [0, 0.05) is 18.1 Å². The predicted molar refractivity (Wildman–Crippen MR) is 70.5 cm³/mol. The number of nitrogens with zero attached hydrogens (tertiary/aromatic N) is 1. The number of hydrogen-bond acceptors (Lipinski definition) is 3. The summed E-state index contributed by atoms with van der Waals surface area (Å²) in [4.78, 5) is 2.63. The molecule has 1 rings (SSSR count). The maximum absolute atomic E-state index is 5.91. The van der Waals surface area contributed by atoms with Crippen LogP contribution in [0.4, 0.5) is 0 Å². The Morgan fingerprint density at radius 2 is 2.20 bits per heavy atom. The Bertz CT molecular complexity index is 182. The molecule has 2 nitrogen and oxygen atoms in total. The standard InChI is InChI=1S/C12H26N2S/c1-12(2)7-5-8-14(12)11(10-13)6-4-9-15-3/h11H,4-10,13H2,1-3H3. The Morgan fingerprint density at radius 1 is 1.47 bits per heavy atom. The van der Waals surface area contributed by atoms with Gasteiger partial charge in [-0.15, -0.1) is 0 Å². The first-order chi connectivity index (χ1) is 7.11. The van der Waals surface area contributed by atoms with Crippen LogP contribution in [0.3, 0.4) is 0 Å². The maximum atomic E-state index is 5.91. The Balaban J connectivity index is 2.43. The Hall–Kier alpha value is 0.270. The molecule has 1 unspecified atom stereocenters. The molecule has 1 aliphatic heterocycles. The van der Waals surface area contributed by atoms with Gasteiger partial charge in [0.15, 0.2) is 0 Å². The molecule has 0 aromatic carbocycles. The minimum Gasteiger partial charge on any atom is -0.329 e. The SMILES string of the molecule is CSCCCC(CN)N1CCCC1(C)C. The van der Waals surface area contributed by atoms with Gasteiger partial charge in [0.1, 0.15) is 0 Å². The molecule has 1 atom stereocenters. The Morgan fingerprint density at radius 3 is 2.67 bits per heavy atom. The summed E-state index contributed by atoms with van der Waals surface area (Å²) < 4.78 is 0. The molecule has 2 N–H and O–H groups in total. The van der Waals surface area contributed by atoms with E-state index in [-0.39, 0.29) is 0 Å². The molecule has 15 heavy (non-hydrogen) atoms. The largest absolute Gasteiger partial charge is 0.329 e. The molecular formula is C12H26N2S. The Labute approximate surface area is 99.0 Å². The highest BCUT2D eigenvalue weighted by atomic mass is 32.2. The van der Waals surface area contributed by atoms with E-state index in [1.165, 1.54) is 38.0 Å². The van der Waals surface area contributed by atoms with Crippen molar-refractivity contribution in [1.82, 2.24) is 4.90 Å². The summed E-state index contributed by atoms with van der Waals surface area (Å²) in [5.74, 6) is 1.27. The lowest BCUT2D eigenvalue weighted by Crippen LogP contribution is -2.48. The van der Waals surface area contributed by atoms with Gasteiger partial charge in [0.2, 0.25) is 0 Å². The van der Waals surface area contributed by atoms with Gasteiger partial charge in [0.25, 0.3) is 0 Å². The highest BCUT2D eigenvalue weighted by molar-refractivity contribution is 7.98. The molecule has 0 aromatic rings. The predicted octanol–water partition coefficient (Wildman–Crippen LogP) is 2.33. The minimum absolute atomic E-state index is 0.378. The summed E-state index contributed by atoms with van der Waals surface area (Å²) in [5, 5.41) is 0. The van der Waals surface area contributed by atoms with Crippen molar-refractivity contribution in [2.45, 2.75) is 51.1 Å². The van der Waals surface area contributed by atoms with Crippen molar-refractivity contribution < 1.29 is 0 Å². The number of hydrogen-bond donors (Lipinski definition) is 1. The molecule has 1 aliphatic rings. The van der Waals surface area contributed by atoms with Crippen LogP contribution in [0, 0.1) is 0 Å². The van der Waals surface area contributed by atoms with E-state index in [2.05, 4.69) is 25.0 Å². The monoisotopic (exact) mass is 230 g/mol. The number of thioether (sulfide) groups is 1. The van der Waals surface area contributed by atoms with Crippen molar-refractivity contribution in [3.05, 3.63) is 0 Å². The quantitative estimate of drug-likeness (QED) is 0.710. The van der Waals surface area contributed by atoms with Gasteiger partial charge < -0.3 is 5.73 Å². The summed E-state index contributed by atoms with van der Waals surface area (Å²) in [6, 6.07) is 0.606. The van der Waals surface area contributed by atoms with E-state index in [0.29, 0.717) is 11.6 Å². The van der Waals surface area contributed by atoms with E-state index in [9.17, 15) is 0 Å². The molecule has 90 valence electrons. The summed E-state index contributed by atoms with van der Waals surface area (Å²) >= 11 is 1.94. The molecule has 1 fully saturated rings. The highest BCUT2D eigenvalue weighted by Gasteiger charge is 2.35.